The fourth-order valence-electron chi connectivity index (χ4n) is 2.17. The Morgan fingerprint density at radius 2 is 2.04 bits per heavy atom. The van der Waals surface area contributed by atoms with Gasteiger partial charge in [-0.15, -0.1) is 0 Å². The van der Waals surface area contributed by atoms with E-state index in [0.29, 0.717) is 28.9 Å². The molecule has 23 heavy (non-hydrogen) atoms. The van der Waals surface area contributed by atoms with E-state index in [1.807, 2.05) is 20.8 Å². The van der Waals surface area contributed by atoms with Crippen molar-refractivity contribution in [3.63, 3.8) is 0 Å². The van der Waals surface area contributed by atoms with Crippen LogP contribution < -0.4 is 10.6 Å². The molecule has 2 rings (SSSR count). The number of carbonyl (C=O) groups is 2. The lowest BCUT2D eigenvalue weighted by atomic mass is 10.0. The van der Waals surface area contributed by atoms with E-state index in [1.54, 1.807) is 13.0 Å². The maximum Gasteiger partial charge on any atom is 0.259 e. The largest absolute Gasteiger partial charge is 0.355 e. The van der Waals surface area contributed by atoms with E-state index in [2.05, 4.69) is 20.8 Å². The number of nitrogens with one attached hydrogen (secondary N) is 2. The smallest absolute Gasteiger partial charge is 0.259 e. The molecule has 0 spiro atoms. The van der Waals surface area contributed by atoms with Crippen LogP contribution in [-0.4, -0.2) is 35.0 Å². The fourth-order valence-corrected chi connectivity index (χ4v) is 2.17. The van der Waals surface area contributed by atoms with Gasteiger partial charge in [0.1, 0.15) is 0 Å². The second kappa shape index (κ2) is 7.21. The first kappa shape index (κ1) is 16.9. The van der Waals surface area contributed by atoms with Gasteiger partial charge < -0.3 is 15.2 Å². The summed E-state index contributed by atoms with van der Waals surface area (Å²) in [5, 5.41) is 9.81. The highest BCUT2D eigenvalue weighted by molar-refractivity contribution is 6.06. The average Bonchev–Trinajstić information content (AvgIpc) is 2.91. The molecule has 0 saturated carbocycles. The van der Waals surface area contributed by atoms with Crippen LogP contribution in [0.5, 0.6) is 0 Å². The number of fused-ring (bicyclic) bond motifs is 1. The Morgan fingerprint density at radius 1 is 1.30 bits per heavy atom. The van der Waals surface area contributed by atoms with E-state index >= 15 is 0 Å². The molecule has 0 aliphatic rings. The van der Waals surface area contributed by atoms with Crippen LogP contribution in [0, 0.1) is 6.92 Å². The number of carbonyl (C=O) groups excluding carboxylic acids is 2. The van der Waals surface area contributed by atoms with Gasteiger partial charge in [-0.05, 0) is 25.3 Å². The third kappa shape index (κ3) is 3.85. The zero-order valence-electron chi connectivity index (χ0n) is 13.9. The third-order valence-corrected chi connectivity index (χ3v) is 3.45. The van der Waals surface area contributed by atoms with Crippen LogP contribution in [0.3, 0.4) is 0 Å². The van der Waals surface area contributed by atoms with E-state index in [9.17, 15) is 9.59 Å². The molecule has 0 atom stereocenters. The molecule has 2 heterocycles. The maximum absolute atomic E-state index is 12.5. The maximum atomic E-state index is 12.5. The summed E-state index contributed by atoms with van der Waals surface area (Å²) in [4.78, 5) is 28.5. The lowest BCUT2D eigenvalue weighted by Gasteiger charge is -2.09. The average molecular weight is 318 g/mol. The lowest BCUT2D eigenvalue weighted by Crippen LogP contribution is -2.37. The van der Waals surface area contributed by atoms with Crippen LogP contribution in [0.15, 0.2) is 10.6 Å². The highest BCUT2D eigenvalue weighted by Gasteiger charge is 2.20. The van der Waals surface area contributed by atoms with Gasteiger partial charge in [0.25, 0.3) is 11.6 Å². The molecule has 0 aromatic carbocycles. The van der Waals surface area contributed by atoms with Crippen LogP contribution in [0.2, 0.25) is 0 Å². The topological polar surface area (TPSA) is 97.1 Å². The van der Waals surface area contributed by atoms with Crippen molar-refractivity contribution in [3.05, 3.63) is 23.0 Å². The second-order valence-electron chi connectivity index (χ2n) is 5.73. The van der Waals surface area contributed by atoms with Crippen LogP contribution in [0.4, 0.5) is 0 Å². The minimum absolute atomic E-state index is 0.0655. The summed E-state index contributed by atoms with van der Waals surface area (Å²) in [7, 11) is 0. The van der Waals surface area contributed by atoms with E-state index in [0.717, 1.165) is 12.1 Å². The zero-order chi connectivity index (χ0) is 17.0. The molecular formula is C16H22N4O3. The molecule has 0 unspecified atom stereocenters. The molecule has 2 aromatic heterocycles. The Kier molecular flexibility index (Phi) is 5.31. The van der Waals surface area contributed by atoms with Crippen LogP contribution in [0.25, 0.3) is 11.1 Å². The quantitative estimate of drug-likeness (QED) is 0.848. The van der Waals surface area contributed by atoms with E-state index in [-0.39, 0.29) is 24.3 Å². The number of aryl methyl sites for hydroxylation is 1. The van der Waals surface area contributed by atoms with Gasteiger partial charge in [-0.1, -0.05) is 25.9 Å². The number of pyridine rings is 1. The Labute approximate surface area is 134 Å². The highest BCUT2D eigenvalue weighted by atomic mass is 16.5. The van der Waals surface area contributed by atoms with Crippen molar-refractivity contribution in [2.45, 2.75) is 40.0 Å². The fraction of sp³-hybridized carbons (Fsp3) is 0.500. The monoisotopic (exact) mass is 318 g/mol. The molecule has 0 aliphatic heterocycles. The number of nitrogens with zero attached hydrogens (tertiary/aromatic N) is 2. The third-order valence-electron chi connectivity index (χ3n) is 3.45. The molecular weight excluding hydrogens is 296 g/mol. The number of amides is 2. The van der Waals surface area contributed by atoms with E-state index in [4.69, 9.17) is 4.52 Å². The van der Waals surface area contributed by atoms with Crippen LogP contribution in [-0.2, 0) is 4.79 Å². The molecule has 0 fully saturated rings. The minimum Gasteiger partial charge on any atom is -0.355 e. The normalized spacial score (nSPS) is 11.0. The van der Waals surface area contributed by atoms with Gasteiger partial charge >= 0.3 is 0 Å². The van der Waals surface area contributed by atoms with Crippen molar-refractivity contribution >= 4 is 22.9 Å². The van der Waals surface area contributed by atoms with E-state index in [1.165, 1.54) is 0 Å². The Morgan fingerprint density at radius 3 is 2.70 bits per heavy atom. The predicted octanol–water partition coefficient (Wildman–Crippen LogP) is 1.91. The van der Waals surface area contributed by atoms with Crippen molar-refractivity contribution < 1.29 is 14.1 Å². The van der Waals surface area contributed by atoms with Crippen molar-refractivity contribution in [2.24, 2.45) is 0 Å². The summed E-state index contributed by atoms with van der Waals surface area (Å²) < 4.78 is 5.19. The summed E-state index contributed by atoms with van der Waals surface area (Å²) in [5.41, 5.74) is 2.12. The molecule has 0 saturated heterocycles. The van der Waals surface area contributed by atoms with Gasteiger partial charge in [0.15, 0.2) is 0 Å². The van der Waals surface area contributed by atoms with E-state index < -0.39 is 0 Å². The van der Waals surface area contributed by atoms with Crippen molar-refractivity contribution in [3.8, 4) is 0 Å². The first-order valence-corrected chi connectivity index (χ1v) is 7.75. The molecule has 7 nitrogen and oxygen atoms in total. The van der Waals surface area contributed by atoms with Crippen LogP contribution >= 0.6 is 0 Å². The molecule has 124 valence electrons. The number of hydrogen-bond acceptors (Lipinski definition) is 5. The summed E-state index contributed by atoms with van der Waals surface area (Å²) >= 11 is 0. The van der Waals surface area contributed by atoms with Gasteiger partial charge in [-0.3, -0.25) is 9.59 Å². The summed E-state index contributed by atoms with van der Waals surface area (Å²) in [6, 6.07) is 1.73. The summed E-state index contributed by atoms with van der Waals surface area (Å²) in [6.45, 7) is 8.22. The first-order valence-electron chi connectivity index (χ1n) is 7.75. The van der Waals surface area contributed by atoms with Crippen molar-refractivity contribution in [2.75, 3.05) is 13.1 Å². The number of aromatic nitrogens is 2. The zero-order valence-corrected chi connectivity index (χ0v) is 13.9. The lowest BCUT2D eigenvalue weighted by molar-refractivity contribution is -0.120. The van der Waals surface area contributed by atoms with Gasteiger partial charge in [0.05, 0.1) is 23.2 Å². The first-order chi connectivity index (χ1) is 10.9. The van der Waals surface area contributed by atoms with Crippen molar-refractivity contribution in [1.29, 1.82) is 0 Å². The van der Waals surface area contributed by atoms with Gasteiger partial charge in [0, 0.05) is 12.2 Å². The molecule has 0 radical (unpaired) electrons. The van der Waals surface area contributed by atoms with Crippen molar-refractivity contribution in [1.82, 2.24) is 20.8 Å². The second-order valence-corrected chi connectivity index (χ2v) is 5.73. The van der Waals surface area contributed by atoms with Gasteiger partial charge in [0.2, 0.25) is 5.91 Å². The predicted molar refractivity (Wildman–Crippen MR) is 86.3 cm³/mol. The summed E-state index contributed by atoms with van der Waals surface area (Å²) in [6.07, 6.45) is 0.849. The number of rotatable bonds is 6. The summed E-state index contributed by atoms with van der Waals surface area (Å²) in [5.74, 6) is -0.405. The highest BCUT2D eigenvalue weighted by Crippen LogP contribution is 2.24. The minimum atomic E-state index is -0.336. The molecule has 2 N–H and O–H groups in total. The molecule has 2 aromatic rings. The SMILES string of the molecule is CCCNC(=O)CNC(=O)c1cc(C(C)C)nc2onc(C)c12. The Balaban J connectivity index is 2.25. The molecule has 0 aliphatic carbocycles. The van der Waals surface area contributed by atoms with Gasteiger partial charge in [-0.25, -0.2) is 4.98 Å². The molecule has 2 amide bonds. The Bertz CT molecular complexity index is 721. The number of hydrogen-bond donors (Lipinski definition) is 2. The molecule has 0 bridgehead atoms. The van der Waals surface area contributed by atoms with Crippen LogP contribution in [0.1, 0.15) is 54.9 Å². The Hall–Kier alpha value is -2.44. The molecule has 7 heteroatoms. The van der Waals surface area contributed by atoms with Gasteiger partial charge in [-0.2, -0.15) is 0 Å². The standard InChI is InChI=1S/C16H22N4O3/c1-5-6-17-13(21)8-18-15(22)11-7-12(9(2)3)19-16-14(11)10(4)20-23-16/h7,9H,5-6,8H2,1-4H3,(H,17,21)(H,18,22).